The number of rotatable bonds is 4. The van der Waals surface area contributed by atoms with Gasteiger partial charge in [0, 0.05) is 16.6 Å². The molecule has 2 N–H and O–H groups in total. The second-order valence-electron chi connectivity index (χ2n) is 8.02. The van der Waals surface area contributed by atoms with Crippen molar-refractivity contribution in [1.82, 2.24) is 15.1 Å². The quantitative estimate of drug-likeness (QED) is 0.609. The molecular formula is C24H27ClN4O. The molecule has 1 amide bonds. The average molecular weight is 423 g/mol. The Kier molecular flexibility index (Phi) is 5.93. The molecule has 0 saturated carbocycles. The molecule has 156 valence electrons. The summed E-state index contributed by atoms with van der Waals surface area (Å²) in [6.07, 6.45) is 3.62. The van der Waals surface area contributed by atoms with Crippen molar-refractivity contribution in [3.05, 3.63) is 75.6 Å². The largest absolute Gasteiger partial charge is 0.322 e. The lowest BCUT2D eigenvalue weighted by Gasteiger charge is -2.25. The number of hydrogen-bond donors (Lipinski definition) is 2. The highest BCUT2D eigenvalue weighted by atomic mass is 35.5. The molecule has 5 nitrogen and oxygen atoms in total. The number of aromatic nitrogens is 2. The summed E-state index contributed by atoms with van der Waals surface area (Å²) in [7, 11) is 0. The number of anilines is 1. The number of benzene rings is 2. The Morgan fingerprint density at radius 1 is 1.13 bits per heavy atom. The van der Waals surface area contributed by atoms with Gasteiger partial charge in [-0.25, -0.2) is 4.68 Å². The molecule has 0 radical (unpaired) electrons. The van der Waals surface area contributed by atoms with Crippen molar-refractivity contribution >= 4 is 23.2 Å². The van der Waals surface area contributed by atoms with Crippen molar-refractivity contribution in [2.45, 2.75) is 39.5 Å². The summed E-state index contributed by atoms with van der Waals surface area (Å²) in [6.45, 7) is 7.96. The van der Waals surface area contributed by atoms with Crippen LogP contribution in [-0.2, 0) is 0 Å². The van der Waals surface area contributed by atoms with E-state index in [1.165, 1.54) is 5.56 Å². The van der Waals surface area contributed by atoms with Crippen LogP contribution in [0.2, 0.25) is 5.02 Å². The Hall–Kier alpha value is -2.63. The minimum absolute atomic E-state index is 0.127. The summed E-state index contributed by atoms with van der Waals surface area (Å²) >= 11 is 6.38. The normalized spacial score (nSPS) is 14.7. The fourth-order valence-corrected chi connectivity index (χ4v) is 4.23. The zero-order valence-electron chi connectivity index (χ0n) is 17.6. The van der Waals surface area contributed by atoms with Crippen LogP contribution in [0.3, 0.4) is 0 Å². The van der Waals surface area contributed by atoms with Gasteiger partial charge in [0.05, 0.1) is 23.1 Å². The molecule has 0 bridgehead atoms. The number of halogens is 1. The van der Waals surface area contributed by atoms with E-state index in [9.17, 15) is 4.79 Å². The molecule has 0 atom stereocenters. The van der Waals surface area contributed by atoms with Gasteiger partial charge in [-0.15, -0.1) is 0 Å². The van der Waals surface area contributed by atoms with E-state index in [0.29, 0.717) is 10.6 Å². The van der Waals surface area contributed by atoms with Gasteiger partial charge < -0.3 is 10.6 Å². The maximum absolute atomic E-state index is 13.3. The van der Waals surface area contributed by atoms with E-state index in [1.807, 2.05) is 54.9 Å². The van der Waals surface area contributed by atoms with E-state index in [-0.39, 0.29) is 11.8 Å². The molecule has 4 rings (SSSR count). The van der Waals surface area contributed by atoms with Crippen molar-refractivity contribution in [2.24, 2.45) is 0 Å². The van der Waals surface area contributed by atoms with Crippen molar-refractivity contribution < 1.29 is 4.79 Å². The molecule has 1 aliphatic rings. The van der Waals surface area contributed by atoms with E-state index in [4.69, 9.17) is 11.6 Å². The number of amides is 1. The highest BCUT2D eigenvalue weighted by molar-refractivity contribution is 6.31. The predicted octanol–water partition coefficient (Wildman–Crippen LogP) is 5.17. The first-order chi connectivity index (χ1) is 14.5. The molecule has 1 aliphatic heterocycles. The fourth-order valence-electron chi connectivity index (χ4n) is 4.06. The Morgan fingerprint density at radius 3 is 2.63 bits per heavy atom. The van der Waals surface area contributed by atoms with Crippen LogP contribution in [0.25, 0.3) is 5.69 Å². The van der Waals surface area contributed by atoms with Gasteiger partial charge in [0.25, 0.3) is 5.91 Å². The molecule has 1 aromatic heterocycles. The third kappa shape index (κ3) is 4.00. The molecule has 0 aliphatic carbocycles. The molecule has 1 fully saturated rings. The van der Waals surface area contributed by atoms with Crippen LogP contribution >= 0.6 is 11.6 Å². The van der Waals surface area contributed by atoms with Gasteiger partial charge in [-0.05, 0) is 87.7 Å². The standard InChI is InChI=1S/C24H27ClN4O/c1-15-7-8-19(13-16(15)2)28-24(30)20-14-27-29(22-6-4-5-21(25)17(22)3)23(20)18-9-11-26-12-10-18/h4-8,13-14,18,26H,9-12H2,1-3H3,(H,28,30). The van der Waals surface area contributed by atoms with E-state index >= 15 is 0 Å². The smallest absolute Gasteiger partial charge is 0.259 e. The topological polar surface area (TPSA) is 59.0 Å². The van der Waals surface area contributed by atoms with Gasteiger partial charge in [0.1, 0.15) is 0 Å². The van der Waals surface area contributed by atoms with E-state index in [2.05, 4.69) is 22.7 Å². The van der Waals surface area contributed by atoms with Crippen molar-refractivity contribution in [3.8, 4) is 5.69 Å². The molecule has 30 heavy (non-hydrogen) atoms. The molecular weight excluding hydrogens is 396 g/mol. The molecule has 2 aromatic carbocycles. The number of nitrogens with one attached hydrogen (secondary N) is 2. The Balaban J connectivity index is 1.75. The van der Waals surface area contributed by atoms with E-state index < -0.39 is 0 Å². The van der Waals surface area contributed by atoms with Gasteiger partial charge in [-0.1, -0.05) is 23.7 Å². The Labute approximate surface area is 182 Å². The SMILES string of the molecule is Cc1ccc(NC(=O)c2cnn(-c3cccc(Cl)c3C)c2C2CCNCC2)cc1C. The number of piperidine rings is 1. The van der Waals surface area contributed by atoms with Gasteiger partial charge in [0.15, 0.2) is 0 Å². The molecule has 6 heteroatoms. The van der Waals surface area contributed by atoms with Gasteiger partial charge in [-0.3, -0.25) is 4.79 Å². The van der Waals surface area contributed by atoms with Crippen molar-refractivity contribution in [1.29, 1.82) is 0 Å². The first-order valence-corrected chi connectivity index (χ1v) is 10.8. The molecule has 2 heterocycles. The monoisotopic (exact) mass is 422 g/mol. The second-order valence-corrected chi connectivity index (χ2v) is 8.42. The molecule has 3 aromatic rings. The van der Waals surface area contributed by atoms with Crippen LogP contribution in [0.5, 0.6) is 0 Å². The Bertz CT molecular complexity index is 1080. The summed E-state index contributed by atoms with van der Waals surface area (Å²) in [5.41, 5.74) is 6.61. The molecule has 0 spiro atoms. The summed E-state index contributed by atoms with van der Waals surface area (Å²) in [4.78, 5) is 13.3. The minimum atomic E-state index is -0.127. The molecule has 0 unspecified atom stereocenters. The highest BCUT2D eigenvalue weighted by Gasteiger charge is 2.27. The number of aryl methyl sites for hydroxylation is 2. The number of carbonyl (C=O) groups is 1. The highest BCUT2D eigenvalue weighted by Crippen LogP contribution is 2.32. The predicted molar refractivity (Wildman–Crippen MR) is 122 cm³/mol. The maximum Gasteiger partial charge on any atom is 0.259 e. The molecule has 1 saturated heterocycles. The van der Waals surface area contributed by atoms with Crippen LogP contribution < -0.4 is 10.6 Å². The number of carbonyl (C=O) groups excluding carboxylic acids is 1. The number of hydrogen-bond acceptors (Lipinski definition) is 3. The lowest BCUT2D eigenvalue weighted by Crippen LogP contribution is -2.29. The lowest BCUT2D eigenvalue weighted by molar-refractivity contribution is 0.102. The van der Waals surface area contributed by atoms with Crippen LogP contribution in [0.4, 0.5) is 5.69 Å². The van der Waals surface area contributed by atoms with E-state index in [0.717, 1.165) is 54.1 Å². The summed E-state index contributed by atoms with van der Waals surface area (Å²) < 4.78 is 1.91. The fraction of sp³-hybridized carbons (Fsp3) is 0.333. The minimum Gasteiger partial charge on any atom is -0.322 e. The van der Waals surface area contributed by atoms with Gasteiger partial charge in [0.2, 0.25) is 0 Å². The van der Waals surface area contributed by atoms with Crippen LogP contribution in [-0.4, -0.2) is 28.8 Å². The lowest BCUT2D eigenvalue weighted by atomic mass is 9.91. The first kappa shape index (κ1) is 20.6. The maximum atomic E-state index is 13.3. The van der Waals surface area contributed by atoms with Crippen molar-refractivity contribution in [2.75, 3.05) is 18.4 Å². The second kappa shape index (κ2) is 8.62. The van der Waals surface area contributed by atoms with Crippen LogP contribution in [0, 0.1) is 20.8 Å². The van der Waals surface area contributed by atoms with Crippen molar-refractivity contribution in [3.63, 3.8) is 0 Å². The zero-order valence-corrected chi connectivity index (χ0v) is 18.4. The summed E-state index contributed by atoms with van der Waals surface area (Å²) in [5, 5.41) is 11.8. The van der Waals surface area contributed by atoms with Crippen LogP contribution in [0.15, 0.2) is 42.6 Å². The third-order valence-electron chi connectivity index (χ3n) is 6.01. The third-order valence-corrected chi connectivity index (χ3v) is 6.42. The van der Waals surface area contributed by atoms with Gasteiger partial charge >= 0.3 is 0 Å². The summed E-state index contributed by atoms with van der Waals surface area (Å²) in [5.74, 6) is 0.130. The number of nitrogens with zero attached hydrogens (tertiary/aromatic N) is 2. The first-order valence-electron chi connectivity index (χ1n) is 10.4. The van der Waals surface area contributed by atoms with Crippen LogP contribution in [0.1, 0.15) is 51.5 Å². The average Bonchev–Trinajstić information content (AvgIpc) is 3.18. The summed E-state index contributed by atoms with van der Waals surface area (Å²) in [6, 6.07) is 11.8. The van der Waals surface area contributed by atoms with E-state index in [1.54, 1.807) is 6.20 Å². The Morgan fingerprint density at radius 2 is 1.90 bits per heavy atom. The van der Waals surface area contributed by atoms with Gasteiger partial charge in [-0.2, -0.15) is 5.10 Å². The zero-order chi connectivity index (χ0) is 21.3.